The topological polar surface area (TPSA) is 253 Å². The molecule has 0 saturated heterocycles. The summed E-state index contributed by atoms with van der Waals surface area (Å²) in [6, 6.07) is 72.8. The van der Waals surface area contributed by atoms with E-state index in [1.807, 2.05) is 225 Å². The molecular weight excluding hydrogens is 1560 g/mol. The van der Waals surface area contributed by atoms with Gasteiger partial charge >= 0.3 is 43.4 Å². The van der Waals surface area contributed by atoms with Gasteiger partial charge in [-0.15, -0.1) is 0 Å². The van der Waals surface area contributed by atoms with E-state index in [0.29, 0.717) is 66.8 Å². The summed E-state index contributed by atoms with van der Waals surface area (Å²) >= 11 is 0. The van der Waals surface area contributed by atoms with Crippen LogP contribution in [0.5, 0.6) is 23.0 Å². The summed E-state index contributed by atoms with van der Waals surface area (Å²) in [5.41, 5.74) is 21.1. The fourth-order valence-corrected chi connectivity index (χ4v) is 13.6. The third-order valence-electron chi connectivity index (χ3n) is 19.8. The van der Waals surface area contributed by atoms with Gasteiger partial charge in [-0.05, 0) is 196 Å². The number of hydrogen-bond donors (Lipinski definition) is 0. The number of benzene rings is 12. The Hall–Kier alpha value is -11.9. The number of carbonyl (C=O) groups excluding carboxylic acids is 4. The third-order valence-corrected chi connectivity index (χ3v) is 19.8. The van der Waals surface area contributed by atoms with Crippen molar-refractivity contribution in [2.75, 3.05) is 0 Å². The monoisotopic (exact) mass is 1660 g/mol. The molecule has 606 valence electrons. The van der Waals surface area contributed by atoms with Gasteiger partial charge in [0.05, 0.1) is 0 Å². The standard InChI is InChI=1S/2C34H30O4.2C16H18O2.C6H14.2Ti/c2*1-23-11-15-25(16-12-23)33(37)21-29(35)19-27-7-3-5-9-31(27)32-10-6-4-8-28(32)20-30(36)22-34(38)26-17-13-24(2)14-18-26;2*1-9-5-11(3)15(17)13(7-9)14-8-10(2)6-12(4)16(14)18;1-3-5-6-4-2;;/h2*3-18,21-22,37-38H,19-20H2,1-2H3;2*5-8,17-18H,1-4H3;3-6H2,1-2H3;;/q;;;;;2*+4/p-8/b2*33-21-,34-22-;;;;;. The van der Waals surface area contributed by atoms with Gasteiger partial charge in [-0.2, -0.15) is 0 Å². The Bertz CT molecular complexity index is 4960. The van der Waals surface area contributed by atoms with Crippen molar-refractivity contribution in [3.8, 4) is 67.5 Å². The van der Waals surface area contributed by atoms with Crippen LogP contribution in [0.2, 0.25) is 0 Å². The van der Waals surface area contributed by atoms with Crippen LogP contribution in [0, 0.1) is 83.1 Å². The molecule has 0 aliphatic heterocycles. The van der Waals surface area contributed by atoms with E-state index in [1.54, 1.807) is 100 Å². The van der Waals surface area contributed by atoms with Crippen molar-refractivity contribution in [3.05, 3.63) is 378 Å². The van der Waals surface area contributed by atoms with Crippen molar-refractivity contribution in [1.82, 2.24) is 0 Å². The van der Waals surface area contributed by atoms with Gasteiger partial charge in [-0.3, -0.25) is 19.2 Å². The summed E-state index contributed by atoms with van der Waals surface area (Å²) in [6.07, 6.45) is 10.3. The molecular formula is C106H102O12Ti2. The molecule has 14 heteroatoms. The largest absolute Gasteiger partial charge is 4.00 e. The van der Waals surface area contributed by atoms with Crippen molar-refractivity contribution in [3.63, 3.8) is 0 Å². The van der Waals surface area contributed by atoms with E-state index in [2.05, 4.69) is 13.8 Å². The van der Waals surface area contributed by atoms with Gasteiger partial charge in [-0.25, -0.2) is 0 Å². The first kappa shape index (κ1) is 96.9. The Labute approximate surface area is 738 Å². The molecule has 0 fully saturated rings. The molecule has 12 aromatic carbocycles. The predicted octanol–water partition coefficient (Wildman–Crippen LogP) is 18.0. The van der Waals surface area contributed by atoms with E-state index in [4.69, 9.17) is 0 Å². The molecule has 0 atom stereocenters. The zero-order chi connectivity index (χ0) is 85.9. The van der Waals surface area contributed by atoms with Crippen molar-refractivity contribution < 1.29 is 103 Å². The molecule has 0 saturated carbocycles. The molecule has 0 amide bonds. The Morgan fingerprint density at radius 2 is 0.417 bits per heavy atom. The van der Waals surface area contributed by atoms with Crippen LogP contribution in [0.15, 0.2) is 267 Å². The summed E-state index contributed by atoms with van der Waals surface area (Å²) in [7, 11) is 0. The van der Waals surface area contributed by atoms with Crippen LogP contribution in [0.25, 0.3) is 67.5 Å². The normalized spacial score (nSPS) is 11.2. The Kier molecular flexibility index (Phi) is 38.0. The van der Waals surface area contributed by atoms with Crippen LogP contribution >= 0.6 is 0 Å². The van der Waals surface area contributed by atoms with Gasteiger partial charge in [-0.1, -0.05) is 395 Å². The number of carbonyl (C=O) groups is 4. The fraction of sp³-hybridized carbons (Fsp3) is 0.208. The molecule has 0 N–H and O–H groups in total. The number of allylic oxidation sites excluding steroid dienone is 4. The molecule has 120 heavy (non-hydrogen) atoms. The summed E-state index contributed by atoms with van der Waals surface area (Å²) in [5.74, 6) is -2.71. The van der Waals surface area contributed by atoms with Gasteiger partial charge in [0.15, 0.2) is 23.1 Å². The van der Waals surface area contributed by atoms with Crippen LogP contribution in [0.4, 0.5) is 0 Å². The van der Waals surface area contributed by atoms with E-state index >= 15 is 0 Å². The van der Waals surface area contributed by atoms with E-state index < -0.39 is 0 Å². The van der Waals surface area contributed by atoms with E-state index in [-0.39, 0.29) is 138 Å². The van der Waals surface area contributed by atoms with Crippen molar-refractivity contribution in [1.29, 1.82) is 0 Å². The van der Waals surface area contributed by atoms with Gasteiger partial charge in [0.1, 0.15) is 0 Å². The van der Waals surface area contributed by atoms with E-state index in [1.165, 1.54) is 25.7 Å². The van der Waals surface area contributed by atoms with Crippen LogP contribution in [-0.2, 0) is 88.3 Å². The summed E-state index contributed by atoms with van der Waals surface area (Å²) in [4.78, 5) is 51.3. The SMILES string of the molecule is CCCCCC.Cc1cc(C)c([O-])c(-c2cc(C)cc(C)c2[O-])c1.Cc1cc(C)c([O-])c(-c2cc(C)cc(C)c2[O-])c1.Cc1ccc(/C([O-])=C/C(=O)Cc2ccccc2-c2ccccc2CC(=O)/C=C(\[O-])c2ccc(C)cc2)cc1.Cc1ccc(/C([O-])=C/C(=O)Cc2ccccc2-c2ccccc2CC(=O)/C=C(\[O-])c2ccc(C)cc2)cc1.[Ti+4].[Ti+4]. The summed E-state index contributed by atoms with van der Waals surface area (Å²) in [6.45, 7) is 27.1. The van der Waals surface area contributed by atoms with Crippen LogP contribution in [0.1, 0.15) is 151 Å². The minimum absolute atomic E-state index is 0. The molecule has 0 aromatic heterocycles. The molecule has 0 heterocycles. The zero-order valence-corrected chi connectivity index (χ0v) is 74.1. The molecule has 0 bridgehead atoms. The maximum atomic E-state index is 12.8. The summed E-state index contributed by atoms with van der Waals surface area (Å²) in [5, 5.41) is 98.8. The van der Waals surface area contributed by atoms with E-state index in [0.717, 1.165) is 113 Å². The maximum absolute atomic E-state index is 12.8. The second kappa shape index (κ2) is 47.0. The van der Waals surface area contributed by atoms with Crippen molar-refractivity contribution >= 4 is 46.2 Å². The molecule has 0 unspecified atom stereocenters. The van der Waals surface area contributed by atoms with Gasteiger partial charge in [0, 0.05) is 25.7 Å². The molecule has 0 aliphatic carbocycles. The zero-order valence-electron chi connectivity index (χ0n) is 71.0. The van der Waals surface area contributed by atoms with Crippen molar-refractivity contribution in [2.45, 2.75) is 148 Å². The molecule has 12 nitrogen and oxygen atoms in total. The van der Waals surface area contributed by atoms with Gasteiger partial charge < -0.3 is 40.9 Å². The second-order valence-electron chi connectivity index (χ2n) is 30.2. The molecule has 0 spiro atoms. The number of rotatable bonds is 23. The maximum Gasteiger partial charge on any atom is 4.00 e. The average Bonchev–Trinajstić information content (AvgIpc) is 0.806. The first-order valence-electron chi connectivity index (χ1n) is 39.7. The fourth-order valence-electron chi connectivity index (χ4n) is 13.6. The Morgan fingerprint density at radius 3 is 0.592 bits per heavy atom. The third kappa shape index (κ3) is 28.4. The average molecular weight is 1660 g/mol. The van der Waals surface area contributed by atoms with Crippen LogP contribution < -0.4 is 40.9 Å². The smallest absolute Gasteiger partial charge is 0.872 e. The molecule has 12 rings (SSSR count). The predicted molar refractivity (Wildman–Crippen MR) is 464 cm³/mol. The quantitative estimate of drug-likeness (QED) is 0.0251. The van der Waals surface area contributed by atoms with Crippen LogP contribution in [0.3, 0.4) is 0 Å². The second-order valence-corrected chi connectivity index (χ2v) is 30.2. The number of unbranched alkanes of at least 4 members (excludes halogenated alkanes) is 3. The Morgan fingerprint density at radius 1 is 0.242 bits per heavy atom. The number of hydrogen-bond acceptors (Lipinski definition) is 12. The van der Waals surface area contributed by atoms with E-state index in [9.17, 15) is 60.0 Å². The molecule has 0 aliphatic rings. The summed E-state index contributed by atoms with van der Waals surface area (Å²) < 4.78 is 0. The van der Waals surface area contributed by atoms with Gasteiger partial charge in [0.2, 0.25) is 0 Å². The van der Waals surface area contributed by atoms with Crippen LogP contribution in [-0.4, -0.2) is 23.1 Å². The van der Waals surface area contributed by atoms with Gasteiger partial charge in [0.25, 0.3) is 0 Å². The number of aryl methyl sites for hydroxylation is 12. The first-order valence-corrected chi connectivity index (χ1v) is 39.7. The Balaban J connectivity index is 0.000000253. The van der Waals surface area contributed by atoms with Crippen molar-refractivity contribution in [2.24, 2.45) is 0 Å². The minimum Gasteiger partial charge on any atom is -0.872 e. The molecule has 12 aromatic rings. The minimum atomic E-state index is -0.327. The molecule has 0 radical (unpaired) electrons. The number of ketones is 4. The first-order chi connectivity index (χ1) is 56.3.